The van der Waals surface area contributed by atoms with Gasteiger partial charge in [0.05, 0.1) is 5.69 Å². The second-order valence-corrected chi connectivity index (χ2v) is 7.80. The molecular formula is C12H17N3O4S. The molecule has 0 aliphatic heterocycles. The molecule has 2 aromatic heterocycles. The summed E-state index contributed by atoms with van der Waals surface area (Å²) < 4.78 is 34.0. The molecule has 0 N–H and O–H groups in total. The van der Waals surface area contributed by atoms with Gasteiger partial charge in [-0.05, 0) is 6.92 Å². The number of hydrogen-bond acceptors (Lipinski definition) is 7. The van der Waals surface area contributed by atoms with E-state index in [2.05, 4.69) is 15.3 Å². The first-order valence-corrected chi connectivity index (χ1v) is 7.93. The van der Waals surface area contributed by atoms with Gasteiger partial charge in [-0.1, -0.05) is 31.1 Å². The third-order valence-electron chi connectivity index (χ3n) is 2.50. The van der Waals surface area contributed by atoms with E-state index in [0.717, 1.165) is 0 Å². The molecule has 8 heteroatoms. The van der Waals surface area contributed by atoms with Gasteiger partial charge in [-0.3, -0.25) is 0 Å². The van der Waals surface area contributed by atoms with Crippen molar-refractivity contribution >= 4 is 9.84 Å². The predicted octanol–water partition coefficient (Wildman–Crippen LogP) is 1.78. The van der Waals surface area contributed by atoms with Crippen LogP contribution in [-0.2, 0) is 26.8 Å². The fourth-order valence-corrected chi connectivity index (χ4v) is 2.75. The molecule has 0 saturated carbocycles. The Bertz CT molecular complexity index is 694. The van der Waals surface area contributed by atoms with Crippen LogP contribution >= 0.6 is 0 Å². The highest BCUT2D eigenvalue weighted by Gasteiger charge is 2.24. The van der Waals surface area contributed by atoms with Crippen LogP contribution in [0.5, 0.6) is 0 Å². The van der Waals surface area contributed by atoms with Gasteiger partial charge in [0.1, 0.15) is 11.5 Å². The molecule has 2 heterocycles. The molecule has 0 bridgehead atoms. The van der Waals surface area contributed by atoms with Gasteiger partial charge in [-0.15, -0.1) is 0 Å². The van der Waals surface area contributed by atoms with E-state index in [4.69, 9.17) is 9.05 Å². The summed E-state index contributed by atoms with van der Waals surface area (Å²) in [5.41, 5.74) is 0.335. The van der Waals surface area contributed by atoms with Crippen LogP contribution in [0.3, 0.4) is 0 Å². The Hall–Kier alpha value is -1.70. The summed E-state index contributed by atoms with van der Waals surface area (Å²) in [6.45, 7) is 7.47. The standard InChI is InChI=1S/C12H17N3O4S/c1-8-5-9(18-14-8)6-20(16,17)7-10-13-11(19-15-10)12(2,3)4/h5H,6-7H2,1-4H3. The van der Waals surface area contributed by atoms with Crippen LogP contribution in [0.1, 0.15) is 43.9 Å². The first-order valence-electron chi connectivity index (χ1n) is 6.11. The Morgan fingerprint density at radius 1 is 1.15 bits per heavy atom. The van der Waals surface area contributed by atoms with E-state index < -0.39 is 9.84 Å². The molecule has 0 radical (unpaired) electrons. The van der Waals surface area contributed by atoms with Crippen LogP contribution in [0.15, 0.2) is 15.1 Å². The number of hydrogen-bond donors (Lipinski definition) is 0. The van der Waals surface area contributed by atoms with E-state index in [1.165, 1.54) is 0 Å². The average molecular weight is 299 g/mol. The molecule has 20 heavy (non-hydrogen) atoms. The monoisotopic (exact) mass is 299 g/mol. The number of rotatable bonds is 4. The molecule has 0 aliphatic rings. The maximum absolute atomic E-state index is 12.0. The summed E-state index contributed by atoms with van der Waals surface area (Å²) in [7, 11) is -3.43. The molecule has 0 atom stereocenters. The fourth-order valence-electron chi connectivity index (χ4n) is 1.57. The lowest BCUT2D eigenvalue weighted by molar-refractivity contribution is 0.319. The Labute approximate surface area is 117 Å². The summed E-state index contributed by atoms with van der Waals surface area (Å²) >= 11 is 0. The normalized spacial score (nSPS) is 12.8. The molecule has 0 saturated heterocycles. The zero-order chi connectivity index (χ0) is 15.0. The minimum absolute atomic E-state index is 0.158. The molecule has 0 aromatic carbocycles. The van der Waals surface area contributed by atoms with E-state index in [-0.39, 0.29) is 22.7 Å². The topological polar surface area (TPSA) is 99.1 Å². The lowest BCUT2D eigenvalue weighted by Crippen LogP contribution is -2.12. The van der Waals surface area contributed by atoms with Gasteiger partial charge in [-0.2, -0.15) is 4.98 Å². The lowest BCUT2D eigenvalue weighted by atomic mass is 9.97. The van der Waals surface area contributed by atoms with Gasteiger partial charge in [-0.25, -0.2) is 8.42 Å². The van der Waals surface area contributed by atoms with Gasteiger partial charge < -0.3 is 9.05 Å². The van der Waals surface area contributed by atoms with Gasteiger partial charge >= 0.3 is 0 Å². The van der Waals surface area contributed by atoms with Crippen LogP contribution in [0.25, 0.3) is 0 Å². The van der Waals surface area contributed by atoms with Crippen LogP contribution in [0.2, 0.25) is 0 Å². The molecule has 0 unspecified atom stereocenters. The van der Waals surface area contributed by atoms with Crippen molar-refractivity contribution in [1.29, 1.82) is 0 Å². The molecule has 110 valence electrons. The van der Waals surface area contributed by atoms with Crippen LogP contribution in [-0.4, -0.2) is 23.7 Å². The van der Waals surface area contributed by atoms with Crippen molar-refractivity contribution in [2.45, 2.75) is 44.6 Å². The smallest absolute Gasteiger partial charge is 0.232 e. The maximum Gasteiger partial charge on any atom is 0.232 e. The Balaban J connectivity index is 2.10. The second kappa shape index (κ2) is 5.01. The van der Waals surface area contributed by atoms with E-state index in [0.29, 0.717) is 17.3 Å². The molecule has 2 aromatic rings. The highest BCUT2D eigenvalue weighted by Crippen LogP contribution is 2.20. The summed E-state index contributed by atoms with van der Waals surface area (Å²) in [4.78, 5) is 4.11. The van der Waals surface area contributed by atoms with Crippen molar-refractivity contribution in [3.05, 3.63) is 29.2 Å². The quantitative estimate of drug-likeness (QED) is 0.848. The number of aromatic nitrogens is 3. The molecule has 0 spiro atoms. The zero-order valence-electron chi connectivity index (χ0n) is 11.9. The number of sulfone groups is 1. The third-order valence-corrected chi connectivity index (χ3v) is 3.92. The van der Waals surface area contributed by atoms with Crippen molar-refractivity contribution in [3.63, 3.8) is 0 Å². The lowest BCUT2D eigenvalue weighted by Gasteiger charge is -2.10. The van der Waals surface area contributed by atoms with Crippen molar-refractivity contribution in [2.75, 3.05) is 0 Å². The molecule has 7 nitrogen and oxygen atoms in total. The average Bonchev–Trinajstić information content (AvgIpc) is 2.86. The van der Waals surface area contributed by atoms with Crippen molar-refractivity contribution in [3.8, 4) is 0 Å². The van der Waals surface area contributed by atoms with E-state index in [1.54, 1.807) is 13.0 Å². The summed E-state index contributed by atoms with van der Waals surface area (Å²) in [5, 5.41) is 7.36. The fraction of sp³-hybridized carbons (Fsp3) is 0.583. The molecule has 2 rings (SSSR count). The highest BCUT2D eigenvalue weighted by molar-refractivity contribution is 7.89. The summed E-state index contributed by atoms with van der Waals surface area (Å²) in [5.74, 6) is 0.367. The third kappa shape index (κ3) is 3.66. The molecule has 0 aliphatic carbocycles. The highest BCUT2D eigenvalue weighted by atomic mass is 32.2. The van der Waals surface area contributed by atoms with Gasteiger partial charge in [0.25, 0.3) is 0 Å². The molecule has 0 fully saturated rings. The van der Waals surface area contributed by atoms with Crippen LogP contribution < -0.4 is 0 Å². The van der Waals surface area contributed by atoms with Crippen LogP contribution in [0, 0.1) is 6.92 Å². The Morgan fingerprint density at radius 2 is 1.85 bits per heavy atom. The summed E-state index contributed by atoms with van der Waals surface area (Å²) in [6.07, 6.45) is 0. The first-order chi connectivity index (χ1) is 9.16. The number of aryl methyl sites for hydroxylation is 1. The largest absolute Gasteiger partial charge is 0.360 e. The van der Waals surface area contributed by atoms with Crippen molar-refractivity contribution in [2.24, 2.45) is 0 Å². The summed E-state index contributed by atoms with van der Waals surface area (Å²) in [6, 6.07) is 1.59. The molecule has 0 amide bonds. The Kier molecular flexibility index (Phi) is 3.68. The maximum atomic E-state index is 12.0. The number of nitrogens with zero attached hydrogens (tertiary/aromatic N) is 3. The van der Waals surface area contributed by atoms with E-state index in [1.807, 2.05) is 20.8 Å². The van der Waals surface area contributed by atoms with Gasteiger partial charge in [0.15, 0.2) is 21.4 Å². The zero-order valence-corrected chi connectivity index (χ0v) is 12.7. The van der Waals surface area contributed by atoms with Crippen molar-refractivity contribution in [1.82, 2.24) is 15.3 Å². The second-order valence-electron chi connectivity index (χ2n) is 5.73. The Morgan fingerprint density at radius 3 is 2.35 bits per heavy atom. The predicted molar refractivity (Wildman–Crippen MR) is 70.6 cm³/mol. The molecular weight excluding hydrogens is 282 g/mol. The van der Waals surface area contributed by atoms with Gasteiger partial charge in [0, 0.05) is 11.5 Å². The first kappa shape index (κ1) is 14.7. The van der Waals surface area contributed by atoms with E-state index in [9.17, 15) is 8.42 Å². The van der Waals surface area contributed by atoms with Gasteiger partial charge in [0.2, 0.25) is 5.89 Å². The van der Waals surface area contributed by atoms with E-state index >= 15 is 0 Å². The van der Waals surface area contributed by atoms with Crippen LogP contribution in [0.4, 0.5) is 0 Å². The minimum Gasteiger partial charge on any atom is -0.360 e. The minimum atomic E-state index is -3.43. The SMILES string of the molecule is Cc1cc(CS(=O)(=O)Cc2noc(C(C)(C)C)n2)on1. The van der Waals surface area contributed by atoms with Crippen molar-refractivity contribution < 1.29 is 17.5 Å².